The van der Waals surface area contributed by atoms with Gasteiger partial charge in [0.15, 0.2) is 12.2 Å². The third-order valence-corrected chi connectivity index (χ3v) is 6.39. The van der Waals surface area contributed by atoms with Gasteiger partial charge in [-0.1, -0.05) is 79.1 Å². The van der Waals surface area contributed by atoms with E-state index in [1.165, 1.54) is 0 Å². The molecule has 9 nitrogen and oxygen atoms in total. The summed E-state index contributed by atoms with van der Waals surface area (Å²) < 4.78 is 28.4. The van der Waals surface area contributed by atoms with Gasteiger partial charge in [-0.25, -0.2) is 0 Å². The van der Waals surface area contributed by atoms with Crippen molar-refractivity contribution < 1.29 is 42.9 Å². The zero-order valence-electron chi connectivity index (χ0n) is 24.0. The first-order valence-corrected chi connectivity index (χ1v) is 14.8. The van der Waals surface area contributed by atoms with E-state index in [0.29, 0.717) is 25.7 Å². The molecule has 1 rings (SSSR count). The summed E-state index contributed by atoms with van der Waals surface area (Å²) in [6.07, 6.45) is 6.06. The van der Waals surface area contributed by atoms with E-state index in [-0.39, 0.29) is 32.3 Å². The molecule has 4 atom stereocenters. The molecule has 220 valence electrons. The average Bonchev–Trinajstić information content (AvgIpc) is 2.88. The van der Waals surface area contributed by atoms with Gasteiger partial charge in [-0.15, -0.1) is 0 Å². The summed E-state index contributed by atoms with van der Waals surface area (Å²) in [6, 6.07) is 0. The van der Waals surface area contributed by atoms with E-state index in [9.17, 15) is 19.2 Å². The number of carbonyl (C=O) groups excluding carboxylic acids is 4. The second-order valence-electron chi connectivity index (χ2n) is 9.96. The SMILES string of the molecule is CCCCCC(=O)OC1COC(OC(=O)CCCCC)C(OC(=O)CCCCC)C1OC(=O)CCCCC. The van der Waals surface area contributed by atoms with Crippen LogP contribution < -0.4 is 0 Å². The number of rotatable bonds is 20. The minimum atomic E-state index is -1.26. The summed E-state index contributed by atoms with van der Waals surface area (Å²) >= 11 is 0. The van der Waals surface area contributed by atoms with Crippen LogP contribution in [-0.4, -0.2) is 55.1 Å². The molecule has 38 heavy (non-hydrogen) atoms. The van der Waals surface area contributed by atoms with E-state index in [4.69, 9.17) is 23.7 Å². The Morgan fingerprint density at radius 1 is 0.526 bits per heavy atom. The van der Waals surface area contributed by atoms with Crippen molar-refractivity contribution in [2.45, 2.75) is 155 Å². The van der Waals surface area contributed by atoms with Crippen LogP contribution in [0.1, 0.15) is 130 Å². The number of carbonyl (C=O) groups is 4. The first-order valence-electron chi connectivity index (χ1n) is 14.8. The van der Waals surface area contributed by atoms with E-state index in [0.717, 1.165) is 51.4 Å². The van der Waals surface area contributed by atoms with E-state index in [2.05, 4.69) is 0 Å². The highest BCUT2D eigenvalue weighted by Crippen LogP contribution is 2.27. The minimum Gasteiger partial charge on any atom is -0.456 e. The molecule has 1 aliphatic rings. The highest BCUT2D eigenvalue weighted by molar-refractivity contribution is 5.72. The van der Waals surface area contributed by atoms with Crippen molar-refractivity contribution in [3.05, 3.63) is 0 Å². The fourth-order valence-electron chi connectivity index (χ4n) is 4.13. The van der Waals surface area contributed by atoms with Crippen molar-refractivity contribution in [2.24, 2.45) is 0 Å². The molecule has 0 N–H and O–H groups in total. The van der Waals surface area contributed by atoms with E-state index in [1.807, 2.05) is 27.7 Å². The molecule has 0 spiro atoms. The monoisotopic (exact) mass is 542 g/mol. The Labute approximate surface area is 228 Å². The van der Waals surface area contributed by atoms with Crippen molar-refractivity contribution in [1.29, 1.82) is 0 Å². The summed E-state index contributed by atoms with van der Waals surface area (Å²) in [5, 5.41) is 0. The quantitative estimate of drug-likeness (QED) is 0.105. The summed E-state index contributed by atoms with van der Waals surface area (Å²) in [6.45, 7) is 7.99. The van der Waals surface area contributed by atoms with Crippen LogP contribution in [0.5, 0.6) is 0 Å². The molecule has 1 heterocycles. The van der Waals surface area contributed by atoms with E-state index >= 15 is 0 Å². The number of unbranched alkanes of at least 4 members (excludes halogenated alkanes) is 8. The zero-order valence-corrected chi connectivity index (χ0v) is 24.0. The fourth-order valence-corrected chi connectivity index (χ4v) is 4.13. The Bertz CT molecular complexity index is 636. The van der Waals surface area contributed by atoms with Gasteiger partial charge in [0.1, 0.15) is 0 Å². The molecule has 0 aromatic carbocycles. The second kappa shape index (κ2) is 20.8. The Balaban J connectivity index is 3.10. The van der Waals surface area contributed by atoms with Crippen LogP contribution in [0.25, 0.3) is 0 Å². The van der Waals surface area contributed by atoms with Gasteiger partial charge in [0.25, 0.3) is 0 Å². The molecule has 0 aliphatic carbocycles. The third-order valence-electron chi connectivity index (χ3n) is 6.39. The van der Waals surface area contributed by atoms with Gasteiger partial charge in [0, 0.05) is 25.7 Å². The van der Waals surface area contributed by atoms with Crippen LogP contribution in [-0.2, 0) is 42.9 Å². The van der Waals surface area contributed by atoms with Crippen LogP contribution in [0.15, 0.2) is 0 Å². The molecule has 9 heteroatoms. The average molecular weight is 543 g/mol. The molecule has 1 saturated heterocycles. The molecule has 0 aromatic rings. The molecule has 0 radical (unpaired) electrons. The van der Waals surface area contributed by atoms with Crippen LogP contribution in [0, 0.1) is 0 Å². The maximum atomic E-state index is 12.7. The van der Waals surface area contributed by atoms with Crippen LogP contribution >= 0.6 is 0 Å². The van der Waals surface area contributed by atoms with Crippen molar-refractivity contribution in [3.63, 3.8) is 0 Å². The lowest BCUT2D eigenvalue weighted by atomic mass is 10.0. The Hall–Kier alpha value is -2.16. The molecule has 0 saturated carbocycles. The van der Waals surface area contributed by atoms with Crippen molar-refractivity contribution in [2.75, 3.05) is 6.61 Å². The highest BCUT2D eigenvalue weighted by Gasteiger charge is 2.49. The topological polar surface area (TPSA) is 114 Å². The van der Waals surface area contributed by atoms with Gasteiger partial charge >= 0.3 is 23.9 Å². The Morgan fingerprint density at radius 3 is 1.32 bits per heavy atom. The van der Waals surface area contributed by atoms with Gasteiger partial charge in [-0.05, 0) is 25.7 Å². The number of ether oxygens (including phenoxy) is 5. The van der Waals surface area contributed by atoms with Crippen molar-refractivity contribution >= 4 is 23.9 Å². The number of esters is 4. The Kier molecular flexibility index (Phi) is 18.5. The number of hydrogen-bond donors (Lipinski definition) is 0. The predicted molar refractivity (Wildman–Crippen MR) is 142 cm³/mol. The molecule has 1 aliphatic heterocycles. The smallest absolute Gasteiger partial charge is 0.308 e. The molecule has 1 fully saturated rings. The number of hydrogen-bond acceptors (Lipinski definition) is 9. The lowest BCUT2D eigenvalue weighted by molar-refractivity contribution is -0.275. The maximum absolute atomic E-state index is 12.7. The highest BCUT2D eigenvalue weighted by atomic mass is 16.7. The van der Waals surface area contributed by atoms with Crippen LogP contribution in [0.2, 0.25) is 0 Å². The molecule has 0 aromatic heterocycles. The van der Waals surface area contributed by atoms with Crippen LogP contribution in [0.3, 0.4) is 0 Å². The molecule has 0 bridgehead atoms. The molecule has 0 amide bonds. The van der Waals surface area contributed by atoms with E-state index in [1.54, 1.807) is 0 Å². The summed E-state index contributed by atoms with van der Waals surface area (Å²) in [7, 11) is 0. The van der Waals surface area contributed by atoms with Gasteiger partial charge in [-0.2, -0.15) is 0 Å². The second-order valence-corrected chi connectivity index (χ2v) is 9.96. The molecular weight excluding hydrogens is 492 g/mol. The van der Waals surface area contributed by atoms with Crippen molar-refractivity contribution in [1.82, 2.24) is 0 Å². The lowest BCUT2D eigenvalue weighted by Crippen LogP contribution is -2.58. The lowest BCUT2D eigenvalue weighted by Gasteiger charge is -2.40. The third kappa shape index (κ3) is 14.1. The standard InChI is InChI=1S/C29H50O9/c1-5-9-13-17-23(30)35-22-21-34-29(38-26(33)20-16-12-8-4)28(37-25(32)19-15-11-7-3)27(22)36-24(31)18-14-10-6-2/h22,27-29H,5-21H2,1-4H3. The zero-order chi connectivity index (χ0) is 28.2. The van der Waals surface area contributed by atoms with Gasteiger partial charge in [0.05, 0.1) is 6.61 Å². The largest absolute Gasteiger partial charge is 0.456 e. The van der Waals surface area contributed by atoms with Gasteiger partial charge in [0.2, 0.25) is 12.4 Å². The predicted octanol–water partition coefficient (Wildman–Crippen LogP) is 5.94. The van der Waals surface area contributed by atoms with Gasteiger partial charge < -0.3 is 23.7 Å². The van der Waals surface area contributed by atoms with E-state index < -0.39 is 48.5 Å². The summed E-state index contributed by atoms with van der Waals surface area (Å²) in [5.74, 6) is -1.93. The van der Waals surface area contributed by atoms with Crippen LogP contribution in [0.4, 0.5) is 0 Å². The summed E-state index contributed by atoms with van der Waals surface area (Å²) in [5.41, 5.74) is 0. The fraction of sp³-hybridized carbons (Fsp3) is 0.862. The molecule has 4 unspecified atom stereocenters. The first kappa shape index (κ1) is 33.9. The first-order chi connectivity index (χ1) is 18.4. The normalized spacial score (nSPS) is 20.9. The molecular formula is C29H50O9. The maximum Gasteiger partial charge on any atom is 0.308 e. The Morgan fingerprint density at radius 2 is 0.895 bits per heavy atom. The van der Waals surface area contributed by atoms with Crippen molar-refractivity contribution in [3.8, 4) is 0 Å². The summed E-state index contributed by atoms with van der Waals surface area (Å²) in [4.78, 5) is 50.5. The van der Waals surface area contributed by atoms with Gasteiger partial charge in [-0.3, -0.25) is 19.2 Å². The minimum absolute atomic E-state index is 0.150.